The van der Waals surface area contributed by atoms with Crippen LogP contribution in [-0.2, 0) is 18.9 Å². The van der Waals surface area contributed by atoms with E-state index in [9.17, 15) is 19.2 Å². The van der Waals surface area contributed by atoms with Gasteiger partial charge in [0, 0.05) is 6.07 Å². The first-order valence-corrected chi connectivity index (χ1v) is 11.8. The van der Waals surface area contributed by atoms with Gasteiger partial charge in [-0.05, 0) is 83.1 Å². The molecule has 4 amide bonds. The summed E-state index contributed by atoms with van der Waals surface area (Å²) >= 11 is 6.18. The second-order valence-corrected chi connectivity index (χ2v) is 12.3. The number of rotatable bonds is 2. The van der Waals surface area contributed by atoms with E-state index in [0.29, 0.717) is 9.80 Å². The first-order chi connectivity index (χ1) is 16.4. The Kier molecular flexibility index (Phi) is 9.54. The molecule has 0 N–H and O–H groups in total. The maximum atomic E-state index is 13.0. The van der Waals surface area contributed by atoms with Crippen LogP contribution in [0.25, 0.3) is 0 Å². The third-order valence-corrected chi connectivity index (χ3v) is 3.60. The smallest absolute Gasteiger partial charge is 0.427 e. The quantitative estimate of drug-likeness (QED) is 0.300. The van der Waals surface area contributed by atoms with E-state index in [2.05, 4.69) is 9.97 Å². The number of halogens is 1. The molecule has 0 unspecified atom stereocenters. The first kappa shape index (κ1) is 31.9. The summed E-state index contributed by atoms with van der Waals surface area (Å²) in [6.07, 6.45) is -4.61. The molecule has 1 rings (SSSR count). The summed E-state index contributed by atoms with van der Waals surface area (Å²) < 4.78 is 21.3. The lowest BCUT2D eigenvalue weighted by Gasteiger charge is -2.29. The number of hydrogen-bond donors (Lipinski definition) is 0. The number of amides is 4. The van der Waals surface area contributed by atoms with Crippen molar-refractivity contribution in [3.63, 3.8) is 0 Å². The van der Waals surface area contributed by atoms with E-state index in [1.807, 2.05) is 0 Å². The van der Waals surface area contributed by atoms with Gasteiger partial charge in [-0.25, -0.2) is 19.2 Å². The Balaban J connectivity index is 3.74. The lowest BCUT2D eigenvalue weighted by atomic mass is 10.2. The molecule has 0 aromatic carbocycles. The molecule has 0 aliphatic rings. The number of ether oxygens (including phenoxy) is 4. The van der Waals surface area contributed by atoms with Gasteiger partial charge in [0.25, 0.3) is 0 Å². The summed E-state index contributed by atoms with van der Waals surface area (Å²) in [6.45, 7) is 19.2. The van der Waals surface area contributed by atoms with Crippen LogP contribution < -0.4 is 9.80 Å². The topological polar surface area (TPSA) is 137 Å². The molecule has 0 saturated carbocycles. The van der Waals surface area contributed by atoms with Crippen molar-refractivity contribution in [2.75, 3.05) is 9.80 Å². The summed E-state index contributed by atoms with van der Waals surface area (Å²) in [6, 6.07) is 1.07. The molecule has 0 spiro atoms. The van der Waals surface area contributed by atoms with Crippen molar-refractivity contribution < 1.29 is 38.1 Å². The molecular formula is C24H37ClN4O8. The second-order valence-electron chi connectivity index (χ2n) is 11.9. The Labute approximate surface area is 222 Å². The average Bonchev–Trinajstić information content (AvgIpc) is 2.54. The zero-order chi connectivity index (χ0) is 29.1. The number of carbonyl (C=O) groups excluding carboxylic acids is 4. The van der Waals surface area contributed by atoms with Gasteiger partial charge in [0.05, 0.1) is 0 Å². The SMILES string of the molecule is CC(C)(C)OC(=O)N(C(=O)OC(C)(C)C)c1cc(Cl)nc(N(C(=O)OC(C)(C)C)C(=O)OC(C)(C)C)n1. The summed E-state index contributed by atoms with van der Waals surface area (Å²) in [4.78, 5) is 61.0. The highest BCUT2D eigenvalue weighted by molar-refractivity contribution is 6.30. The van der Waals surface area contributed by atoms with Gasteiger partial charge in [-0.1, -0.05) is 11.6 Å². The van der Waals surface area contributed by atoms with E-state index < -0.39 is 58.5 Å². The summed E-state index contributed by atoms with van der Waals surface area (Å²) in [5, 5.41) is -0.311. The van der Waals surface area contributed by atoms with Crippen molar-refractivity contribution in [2.45, 2.75) is 105 Å². The minimum absolute atomic E-state index is 0.311. The fraction of sp³-hybridized carbons (Fsp3) is 0.667. The van der Waals surface area contributed by atoms with Gasteiger partial charge >= 0.3 is 24.4 Å². The van der Waals surface area contributed by atoms with Crippen LogP contribution in [0.2, 0.25) is 5.15 Å². The molecule has 0 fully saturated rings. The third kappa shape index (κ3) is 11.2. The van der Waals surface area contributed by atoms with Crippen molar-refractivity contribution >= 4 is 47.7 Å². The van der Waals surface area contributed by atoms with Crippen molar-refractivity contribution in [2.24, 2.45) is 0 Å². The predicted octanol–water partition coefficient (Wildman–Crippen LogP) is 6.48. The van der Waals surface area contributed by atoms with Gasteiger partial charge in [0.2, 0.25) is 5.95 Å². The van der Waals surface area contributed by atoms with Crippen LogP contribution in [-0.4, -0.2) is 56.7 Å². The molecule has 1 aromatic heterocycles. The Bertz CT molecular complexity index is 899. The van der Waals surface area contributed by atoms with Gasteiger partial charge in [0.15, 0.2) is 5.82 Å². The largest absolute Gasteiger partial charge is 0.443 e. The van der Waals surface area contributed by atoms with Crippen LogP contribution in [0.3, 0.4) is 0 Å². The minimum atomic E-state index is -1.17. The second kappa shape index (κ2) is 11.1. The number of carbonyl (C=O) groups is 4. The summed E-state index contributed by atoms with van der Waals surface area (Å²) in [5.41, 5.74) is -3.98. The number of hydrogen-bond acceptors (Lipinski definition) is 10. The van der Waals surface area contributed by atoms with Gasteiger partial charge < -0.3 is 18.9 Å². The molecule has 0 aliphatic carbocycles. The zero-order valence-electron chi connectivity index (χ0n) is 23.5. The molecular weight excluding hydrogens is 508 g/mol. The Hall–Kier alpha value is -3.15. The zero-order valence-corrected chi connectivity index (χ0v) is 24.3. The van der Waals surface area contributed by atoms with Crippen molar-refractivity contribution in [3.05, 3.63) is 11.2 Å². The van der Waals surface area contributed by atoms with E-state index in [1.54, 1.807) is 83.1 Å². The number of nitrogens with zero attached hydrogens (tertiary/aromatic N) is 4. The predicted molar refractivity (Wildman–Crippen MR) is 137 cm³/mol. The van der Waals surface area contributed by atoms with Gasteiger partial charge in [-0.3, -0.25) is 0 Å². The van der Waals surface area contributed by atoms with Gasteiger partial charge in [0.1, 0.15) is 27.6 Å². The van der Waals surface area contributed by atoms with Crippen LogP contribution in [0, 0.1) is 0 Å². The van der Waals surface area contributed by atoms with E-state index in [0.717, 1.165) is 6.07 Å². The molecule has 0 atom stereocenters. The number of aromatic nitrogens is 2. The molecule has 0 bridgehead atoms. The van der Waals surface area contributed by atoms with Crippen LogP contribution in [0.1, 0.15) is 83.1 Å². The Morgan fingerprint density at radius 1 is 0.595 bits per heavy atom. The van der Waals surface area contributed by atoms with Crippen LogP contribution in [0.15, 0.2) is 6.07 Å². The average molecular weight is 545 g/mol. The Morgan fingerprint density at radius 2 is 0.892 bits per heavy atom. The normalized spacial score (nSPS) is 12.4. The molecule has 12 nitrogen and oxygen atoms in total. The molecule has 0 saturated heterocycles. The molecule has 1 heterocycles. The summed E-state index contributed by atoms with van der Waals surface area (Å²) in [5.74, 6) is -1.03. The number of anilines is 2. The van der Waals surface area contributed by atoms with E-state index in [1.165, 1.54) is 0 Å². The standard InChI is InChI=1S/C24H37ClN4O8/c1-21(2,3)34-17(30)28(18(31)35-22(4,5)6)15-13-14(25)26-16(27-15)29(19(32)36-23(7,8)9)20(33)37-24(10,11)12/h13H,1-12H3. The molecule has 1 aromatic rings. The molecule has 37 heavy (non-hydrogen) atoms. The molecule has 13 heteroatoms. The van der Waals surface area contributed by atoms with Crippen molar-refractivity contribution in [1.29, 1.82) is 0 Å². The summed E-state index contributed by atoms with van der Waals surface area (Å²) in [7, 11) is 0. The highest BCUT2D eigenvalue weighted by atomic mass is 35.5. The Morgan fingerprint density at radius 3 is 1.19 bits per heavy atom. The van der Waals surface area contributed by atoms with Crippen molar-refractivity contribution in [1.82, 2.24) is 9.97 Å². The van der Waals surface area contributed by atoms with Crippen LogP contribution >= 0.6 is 11.6 Å². The molecule has 0 aliphatic heterocycles. The van der Waals surface area contributed by atoms with Gasteiger partial charge in [-0.2, -0.15) is 14.9 Å². The minimum Gasteiger partial charge on any atom is -0.443 e. The van der Waals surface area contributed by atoms with E-state index in [-0.39, 0.29) is 5.15 Å². The van der Waals surface area contributed by atoms with E-state index >= 15 is 0 Å². The van der Waals surface area contributed by atoms with Gasteiger partial charge in [-0.15, -0.1) is 4.90 Å². The molecule has 0 radical (unpaired) electrons. The van der Waals surface area contributed by atoms with Crippen LogP contribution in [0.4, 0.5) is 30.9 Å². The highest BCUT2D eigenvalue weighted by Gasteiger charge is 2.38. The lowest BCUT2D eigenvalue weighted by Crippen LogP contribution is -2.46. The van der Waals surface area contributed by atoms with E-state index in [4.69, 9.17) is 30.5 Å². The fourth-order valence-corrected chi connectivity index (χ4v) is 2.51. The number of imide groups is 2. The highest BCUT2D eigenvalue weighted by Crippen LogP contribution is 2.27. The van der Waals surface area contributed by atoms with Crippen LogP contribution in [0.5, 0.6) is 0 Å². The molecule has 208 valence electrons. The first-order valence-electron chi connectivity index (χ1n) is 11.5. The third-order valence-electron chi connectivity index (χ3n) is 3.40. The fourth-order valence-electron chi connectivity index (χ4n) is 2.34. The van der Waals surface area contributed by atoms with Crippen molar-refractivity contribution in [3.8, 4) is 0 Å². The maximum Gasteiger partial charge on any atom is 0.427 e. The monoisotopic (exact) mass is 544 g/mol. The maximum absolute atomic E-state index is 13.0. The lowest BCUT2D eigenvalue weighted by molar-refractivity contribution is 0.0410.